The Balaban J connectivity index is 2.78. The zero-order chi connectivity index (χ0) is 9.84. The van der Waals surface area contributed by atoms with Crippen LogP contribution in [0.25, 0.3) is 0 Å². The topological polar surface area (TPSA) is 55.1 Å². The van der Waals surface area contributed by atoms with E-state index in [2.05, 4.69) is 26.4 Å². The number of anilines is 1. The summed E-state index contributed by atoms with van der Waals surface area (Å²) >= 11 is 3.30. The molecule has 0 bridgehead atoms. The minimum Gasteiger partial charge on any atom is -0.337 e. The van der Waals surface area contributed by atoms with Crippen molar-refractivity contribution in [1.82, 2.24) is 5.16 Å². The highest BCUT2D eigenvalue weighted by atomic mass is 79.9. The first-order chi connectivity index (χ1) is 6.19. The van der Waals surface area contributed by atoms with Gasteiger partial charge in [-0.1, -0.05) is 19.0 Å². The summed E-state index contributed by atoms with van der Waals surface area (Å²) < 4.78 is 5.66. The van der Waals surface area contributed by atoms with Gasteiger partial charge in [-0.2, -0.15) is 0 Å². The van der Waals surface area contributed by atoms with Gasteiger partial charge in [0.15, 0.2) is 0 Å². The maximum Gasteiger partial charge on any atom is 0.245 e. The molecule has 1 N–H and O–H groups in total. The van der Waals surface area contributed by atoms with Crippen LogP contribution in [-0.4, -0.2) is 11.1 Å². The number of nitrogens with one attached hydrogen (secondary N) is 1. The molecular formula is C8H11BrN2O2. The number of amides is 1. The quantitative estimate of drug-likeness (QED) is 0.891. The first-order valence-electron chi connectivity index (χ1n) is 4.12. The molecule has 0 aromatic carbocycles. The molecule has 1 rings (SSSR count). The van der Waals surface area contributed by atoms with E-state index in [0.717, 1.165) is 16.6 Å². The molecule has 5 heteroatoms. The first kappa shape index (κ1) is 10.2. The molecule has 13 heavy (non-hydrogen) atoms. The number of hydrogen-bond acceptors (Lipinski definition) is 3. The van der Waals surface area contributed by atoms with Gasteiger partial charge in [0.1, 0.15) is 4.47 Å². The molecule has 0 aliphatic rings. The Morgan fingerprint density at radius 2 is 2.31 bits per heavy atom. The molecule has 0 aliphatic carbocycles. The molecule has 0 fully saturated rings. The lowest BCUT2D eigenvalue weighted by atomic mass is 10.3. The van der Waals surface area contributed by atoms with E-state index in [1.165, 1.54) is 0 Å². The van der Waals surface area contributed by atoms with Crippen LogP contribution in [0.2, 0.25) is 0 Å². The Labute approximate surface area is 84.8 Å². The molecule has 1 amide bonds. The van der Waals surface area contributed by atoms with Gasteiger partial charge < -0.3 is 4.52 Å². The number of rotatable bonds is 3. The van der Waals surface area contributed by atoms with E-state index in [-0.39, 0.29) is 5.91 Å². The van der Waals surface area contributed by atoms with Gasteiger partial charge in [0.25, 0.3) is 0 Å². The average molecular weight is 247 g/mol. The summed E-state index contributed by atoms with van der Waals surface area (Å²) in [7, 11) is 0. The lowest BCUT2D eigenvalue weighted by Crippen LogP contribution is -2.08. The van der Waals surface area contributed by atoms with Crippen molar-refractivity contribution in [3.63, 3.8) is 0 Å². The van der Waals surface area contributed by atoms with Crippen LogP contribution in [0.5, 0.6) is 0 Å². The van der Waals surface area contributed by atoms with Gasteiger partial charge in [-0.3, -0.25) is 10.1 Å². The SMILES string of the molecule is CCC(=O)Nc1onc(CC)c1Br. The minimum absolute atomic E-state index is 0.0838. The van der Waals surface area contributed by atoms with Crippen LogP contribution in [0.4, 0.5) is 5.88 Å². The number of hydrogen-bond donors (Lipinski definition) is 1. The van der Waals surface area contributed by atoms with Crippen LogP contribution in [-0.2, 0) is 11.2 Å². The lowest BCUT2D eigenvalue weighted by Gasteiger charge is -1.97. The summed E-state index contributed by atoms with van der Waals surface area (Å²) in [6, 6.07) is 0. The number of aromatic nitrogens is 1. The fourth-order valence-electron chi connectivity index (χ4n) is 0.824. The molecule has 1 heterocycles. The summed E-state index contributed by atoms with van der Waals surface area (Å²) in [6.07, 6.45) is 1.20. The predicted octanol–water partition coefficient (Wildman–Crippen LogP) is 2.35. The van der Waals surface area contributed by atoms with E-state index in [9.17, 15) is 4.79 Å². The maximum atomic E-state index is 11.0. The van der Waals surface area contributed by atoms with E-state index >= 15 is 0 Å². The van der Waals surface area contributed by atoms with Crippen molar-refractivity contribution >= 4 is 27.7 Å². The minimum atomic E-state index is -0.0838. The molecule has 4 nitrogen and oxygen atoms in total. The van der Waals surface area contributed by atoms with Crippen LogP contribution in [0.15, 0.2) is 9.00 Å². The van der Waals surface area contributed by atoms with Gasteiger partial charge in [0, 0.05) is 6.42 Å². The Kier molecular flexibility index (Phi) is 3.48. The van der Waals surface area contributed by atoms with Gasteiger partial charge in [0.2, 0.25) is 11.8 Å². The Bertz CT molecular complexity index is 309. The normalized spacial score (nSPS) is 10.1. The third-order valence-electron chi connectivity index (χ3n) is 1.61. The summed E-state index contributed by atoms with van der Waals surface area (Å²) in [6.45, 7) is 3.74. The zero-order valence-corrected chi connectivity index (χ0v) is 9.14. The van der Waals surface area contributed by atoms with Crippen molar-refractivity contribution in [3.8, 4) is 0 Å². The van der Waals surface area contributed by atoms with Gasteiger partial charge in [-0.25, -0.2) is 0 Å². The van der Waals surface area contributed by atoms with Crippen molar-refractivity contribution in [2.24, 2.45) is 0 Å². The summed E-state index contributed by atoms with van der Waals surface area (Å²) in [5, 5.41) is 6.38. The second kappa shape index (κ2) is 4.41. The average Bonchev–Trinajstić information content (AvgIpc) is 2.48. The van der Waals surface area contributed by atoms with Crippen LogP contribution in [0.1, 0.15) is 26.0 Å². The number of carbonyl (C=O) groups excluding carboxylic acids is 1. The fourth-order valence-corrected chi connectivity index (χ4v) is 1.35. The van der Waals surface area contributed by atoms with E-state index in [4.69, 9.17) is 4.52 Å². The molecule has 0 radical (unpaired) electrons. The number of halogens is 1. The van der Waals surface area contributed by atoms with Gasteiger partial charge in [-0.15, -0.1) is 0 Å². The van der Waals surface area contributed by atoms with Gasteiger partial charge in [-0.05, 0) is 22.4 Å². The summed E-state index contributed by atoms with van der Waals surface area (Å²) in [5.41, 5.74) is 0.811. The highest BCUT2D eigenvalue weighted by molar-refractivity contribution is 9.10. The van der Waals surface area contributed by atoms with Crippen LogP contribution in [0, 0.1) is 0 Å². The summed E-state index contributed by atoms with van der Waals surface area (Å²) in [4.78, 5) is 11.0. The van der Waals surface area contributed by atoms with E-state index in [0.29, 0.717) is 12.3 Å². The molecule has 0 aliphatic heterocycles. The molecular weight excluding hydrogens is 236 g/mol. The van der Waals surface area contributed by atoms with E-state index in [1.807, 2.05) is 6.92 Å². The highest BCUT2D eigenvalue weighted by Crippen LogP contribution is 2.26. The molecule has 0 saturated carbocycles. The Hall–Kier alpha value is -0.840. The Morgan fingerprint density at radius 1 is 1.62 bits per heavy atom. The summed E-state index contributed by atoms with van der Waals surface area (Å²) in [5.74, 6) is 0.309. The van der Waals surface area contributed by atoms with E-state index < -0.39 is 0 Å². The van der Waals surface area contributed by atoms with Crippen molar-refractivity contribution in [1.29, 1.82) is 0 Å². The van der Waals surface area contributed by atoms with Gasteiger partial charge in [0.05, 0.1) is 5.69 Å². The molecule has 0 unspecified atom stereocenters. The lowest BCUT2D eigenvalue weighted by molar-refractivity contribution is -0.116. The highest BCUT2D eigenvalue weighted by Gasteiger charge is 2.13. The van der Waals surface area contributed by atoms with Crippen LogP contribution >= 0.6 is 15.9 Å². The third-order valence-corrected chi connectivity index (χ3v) is 2.43. The largest absolute Gasteiger partial charge is 0.337 e. The second-order valence-electron chi connectivity index (χ2n) is 2.53. The molecule has 1 aromatic rings. The molecule has 0 spiro atoms. The van der Waals surface area contributed by atoms with Crippen molar-refractivity contribution < 1.29 is 9.32 Å². The Morgan fingerprint density at radius 3 is 2.77 bits per heavy atom. The maximum absolute atomic E-state index is 11.0. The van der Waals surface area contributed by atoms with Crippen LogP contribution < -0.4 is 5.32 Å². The number of carbonyl (C=O) groups is 1. The van der Waals surface area contributed by atoms with E-state index in [1.54, 1.807) is 6.92 Å². The standard InChI is InChI=1S/C8H11BrN2O2/c1-3-5-7(9)8(13-11-5)10-6(12)4-2/h3-4H2,1-2H3,(H,10,12). The molecule has 0 atom stereocenters. The number of aryl methyl sites for hydroxylation is 1. The second-order valence-corrected chi connectivity index (χ2v) is 3.32. The van der Waals surface area contributed by atoms with Crippen molar-refractivity contribution in [2.45, 2.75) is 26.7 Å². The third kappa shape index (κ3) is 2.30. The number of nitrogens with zero attached hydrogens (tertiary/aromatic N) is 1. The fraction of sp³-hybridized carbons (Fsp3) is 0.500. The smallest absolute Gasteiger partial charge is 0.245 e. The predicted molar refractivity (Wildman–Crippen MR) is 52.5 cm³/mol. The van der Waals surface area contributed by atoms with Crippen molar-refractivity contribution in [2.75, 3.05) is 5.32 Å². The van der Waals surface area contributed by atoms with Crippen LogP contribution in [0.3, 0.4) is 0 Å². The van der Waals surface area contributed by atoms with Crippen molar-refractivity contribution in [3.05, 3.63) is 10.2 Å². The molecule has 1 aromatic heterocycles. The molecule has 0 saturated heterocycles. The first-order valence-corrected chi connectivity index (χ1v) is 4.92. The van der Waals surface area contributed by atoms with Gasteiger partial charge >= 0.3 is 0 Å². The molecule has 72 valence electrons. The monoisotopic (exact) mass is 246 g/mol. The zero-order valence-electron chi connectivity index (χ0n) is 7.56.